The molecular formula is C17H26O6. The number of hydrogen-bond acceptors (Lipinski definition) is 6. The van der Waals surface area contributed by atoms with Crippen molar-refractivity contribution in [3.05, 3.63) is 0 Å². The number of rotatable bonds is 6. The lowest BCUT2D eigenvalue weighted by atomic mass is 9.78. The van der Waals surface area contributed by atoms with Crippen LogP contribution in [0.25, 0.3) is 0 Å². The van der Waals surface area contributed by atoms with Crippen LogP contribution in [0.3, 0.4) is 0 Å². The van der Waals surface area contributed by atoms with Gasteiger partial charge in [0, 0.05) is 12.3 Å². The Bertz CT molecular complexity index is 438. The van der Waals surface area contributed by atoms with Gasteiger partial charge in [-0.15, -0.1) is 0 Å². The van der Waals surface area contributed by atoms with E-state index in [1.54, 1.807) is 13.8 Å². The van der Waals surface area contributed by atoms with E-state index in [1.807, 2.05) is 0 Å². The summed E-state index contributed by atoms with van der Waals surface area (Å²) in [7, 11) is 0. The molecule has 0 radical (unpaired) electrons. The predicted molar refractivity (Wildman–Crippen MR) is 80.3 cm³/mol. The van der Waals surface area contributed by atoms with Gasteiger partial charge < -0.3 is 18.9 Å². The maximum atomic E-state index is 12.2. The predicted octanol–water partition coefficient (Wildman–Crippen LogP) is 1.91. The van der Waals surface area contributed by atoms with E-state index in [1.165, 1.54) is 0 Å². The monoisotopic (exact) mass is 326 g/mol. The quantitative estimate of drug-likeness (QED) is 0.548. The molecule has 1 saturated heterocycles. The van der Waals surface area contributed by atoms with E-state index >= 15 is 0 Å². The number of hydrogen-bond donors (Lipinski definition) is 0. The molecular weight excluding hydrogens is 300 g/mol. The van der Waals surface area contributed by atoms with Gasteiger partial charge in [-0.3, -0.25) is 9.59 Å². The molecule has 1 heterocycles. The highest BCUT2D eigenvalue weighted by Gasteiger charge is 2.59. The Morgan fingerprint density at radius 1 is 1.09 bits per heavy atom. The molecule has 23 heavy (non-hydrogen) atoms. The fourth-order valence-electron chi connectivity index (χ4n) is 4.64. The first-order valence-corrected chi connectivity index (χ1v) is 8.70. The molecule has 6 heteroatoms. The van der Waals surface area contributed by atoms with Gasteiger partial charge in [-0.05, 0) is 44.9 Å². The minimum Gasteiger partial charge on any atom is -0.465 e. The topological polar surface area (TPSA) is 71.1 Å². The summed E-state index contributed by atoms with van der Waals surface area (Å²) >= 11 is 0. The number of esters is 2. The Labute approximate surface area is 136 Å². The molecule has 2 saturated carbocycles. The van der Waals surface area contributed by atoms with Crippen LogP contribution in [0.15, 0.2) is 0 Å². The SMILES string of the molecule is CCOC(=O)C(CC1CC2CC1C1(C2)OCCO1)C(=O)OCC. The second-order valence-electron chi connectivity index (χ2n) is 6.71. The van der Waals surface area contributed by atoms with Crippen molar-refractivity contribution < 1.29 is 28.5 Å². The summed E-state index contributed by atoms with van der Waals surface area (Å²) in [6.07, 6.45) is 3.49. The zero-order chi connectivity index (χ0) is 16.4. The van der Waals surface area contributed by atoms with Crippen molar-refractivity contribution in [2.75, 3.05) is 26.4 Å². The van der Waals surface area contributed by atoms with Crippen molar-refractivity contribution in [3.63, 3.8) is 0 Å². The molecule has 1 spiro atoms. The zero-order valence-corrected chi connectivity index (χ0v) is 13.9. The van der Waals surface area contributed by atoms with E-state index in [0.29, 0.717) is 25.6 Å². The third-order valence-electron chi connectivity index (χ3n) is 5.39. The number of carbonyl (C=O) groups is 2. The van der Waals surface area contributed by atoms with Crippen molar-refractivity contribution in [2.45, 2.75) is 45.3 Å². The van der Waals surface area contributed by atoms with E-state index in [-0.39, 0.29) is 25.0 Å². The first-order valence-electron chi connectivity index (χ1n) is 8.70. The van der Waals surface area contributed by atoms with Crippen LogP contribution in [0.2, 0.25) is 0 Å². The van der Waals surface area contributed by atoms with Gasteiger partial charge in [-0.2, -0.15) is 0 Å². The van der Waals surface area contributed by atoms with Gasteiger partial charge in [0.15, 0.2) is 11.7 Å². The summed E-state index contributed by atoms with van der Waals surface area (Å²) in [5.74, 6) is -1.19. The molecule has 3 fully saturated rings. The molecule has 3 aliphatic rings. The molecule has 6 nitrogen and oxygen atoms in total. The Morgan fingerprint density at radius 3 is 2.22 bits per heavy atom. The summed E-state index contributed by atoms with van der Waals surface area (Å²) in [5, 5.41) is 0. The second kappa shape index (κ2) is 6.77. The average molecular weight is 326 g/mol. The molecule has 0 N–H and O–H groups in total. The third kappa shape index (κ3) is 3.11. The largest absolute Gasteiger partial charge is 0.465 e. The average Bonchev–Trinajstić information content (AvgIpc) is 3.21. The smallest absolute Gasteiger partial charge is 0.320 e. The summed E-state index contributed by atoms with van der Waals surface area (Å²) < 4.78 is 22.0. The molecule has 0 aromatic carbocycles. The molecule has 2 aliphatic carbocycles. The van der Waals surface area contributed by atoms with Crippen LogP contribution in [0.4, 0.5) is 0 Å². The molecule has 0 amide bonds. The molecule has 2 bridgehead atoms. The number of ether oxygens (including phenoxy) is 4. The fourth-order valence-corrected chi connectivity index (χ4v) is 4.64. The Kier molecular flexibility index (Phi) is 4.92. The minimum absolute atomic E-state index is 0.241. The highest BCUT2D eigenvalue weighted by molar-refractivity contribution is 5.94. The van der Waals surface area contributed by atoms with Crippen molar-refractivity contribution in [1.82, 2.24) is 0 Å². The van der Waals surface area contributed by atoms with E-state index in [9.17, 15) is 9.59 Å². The summed E-state index contributed by atoms with van der Waals surface area (Å²) in [5.41, 5.74) is 0. The molecule has 3 atom stereocenters. The summed E-state index contributed by atoms with van der Waals surface area (Å²) in [4.78, 5) is 24.4. The number of fused-ring (bicyclic) bond motifs is 3. The molecule has 3 unspecified atom stereocenters. The summed E-state index contributed by atoms with van der Waals surface area (Å²) in [6.45, 7) is 5.28. The second-order valence-corrected chi connectivity index (χ2v) is 6.71. The van der Waals surface area contributed by atoms with Gasteiger partial charge in [-0.25, -0.2) is 0 Å². The summed E-state index contributed by atoms with van der Waals surface area (Å²) in [6, 6.07) is 0. The number of carbonyl (C=O) groups excluding carboxylic acids is 2. The van der Waals surface area contributed by atoms with E-state index in [2.05, 4.69) is 0 Å². The zero-order valence-electron chi connectivity index (χ0n) is 13.9. The third-order valence-corrected chi connectivity index (χ3v) is 5.39. The Morgan fingerprint density at radius 2 is 1.70 bits per heavy atom. The van der Waals surface area contributed by atoms with Crippen LogP contribution in [-0.4, -0.2) is 44.2 Å². The molecule has 130 valence electrons. The van der Waals surface area contributed by atoms with Crippen LogP contribution in [-0.2, 0) is 28.5 Å². The van der Waals surface area contributed by atoms with Gasteiger partial charge in [-0.1, -0.05) is 0 Å². The van der Waals surface area contributed by atoms with Gasteiger partial charge in [0.1, 0.15) is 0 Å². The van der Waals surface area contributed by atoms with E-state index < -0.39 is 23.6 Å². The molecule has 1 aliphatic heterocycles. The Hall–Kier alpha value is -1.14. The van der Waals surface area contributed by atoms with Crippen molar-refractivity contribution in [2.24, 2.45) is 23.7 Å². The maximum absolute atomic E-state index is 12.2. The van der Waals surface area contributed by atoms with Gasteiger partial charge >= 0.3 is 11.9 Å². The Balaban J connectivity index is 1.70. The lowest BCUT2D eigenvalue weighted by Gasteiger charge is -2.37. The lowest BCUT2D eigenvalue weighted by molar-refractivity contribution is -0.204. The van der Waals surface area contributed by atoms with Crippen LogP contribution < -0.4 is 0 Å². The van der Waals surface area contributed by atoms with Crippen LogP contribution in [0.5, 0.6) is 0 Å². The molecule has 0 aromatic rings. The lowest BCUT2D eigenvalue weighted by Crippen LogP contribution is -2.42. The highest BCUT2D eigenvalue weighted by Crippen LogP contribution is 2.58. The van der Waals surface area contributed by atoms with Crippen LogP contribution in [0, 0.1) is 23.7 Å². The fraction of sp³-hybridized carbons (Fsp3) is 0.882. The van der Waals surface area contributed by atoms with Crippen LogP contribution >= 0.6 is 0 Å². The van der Waals surface area contributed by atoms with Crippen molar-refractivity contribution in [3.8, 4) is 0 Å². The van der Waals surface area contributed by atoms with Crippen LogP contribution in [0.1, 0.15) is 39.5 Å². The van der Waals surface area contributed by atoms with Crippen molar-refractivity contribution in [1.29, 1.82) is 0 Å². The van der Waals surface area contributed by atoms with Gasteiger partial charge in [0.2, 0.25) is 0 Å². The van der Waals surface area contributed by atoms with E-state index in [0.717, 1.165) is 19.3 Å². The maximum Gasteiger partial charge on any atom is 0.320 e. The van der Waals surface area contributed by atoms with Crippen molar-refractivity contribution >= 4 is 11.9 Å². The molecule has 3 rings (SSSR count). The van der Waals surface area contributed by atoms with Gasteiger partial charge in [0.25, 0.3) is 0 Å². The van der Waals surface area contributed by atoms with E-state index in [4.69, 9.17) is 18.9 Å². The minimum atomic E-state index is -0.835. The molecule has 0 aromatic heterocycles. The first kappa shape index (κ1) is 16.7. The standard InChI is InChI=1S/C17H26O6/c1-3-20-15(18)13(16(19)21-4-2)9-12-7-11-8-14(12)17(10-11)22-5-6-23-17/h11-14H,3-10H2,1-2H3. The van der Waals surface area contributed by atoms with Gasteiger partial charge in [0.05, 0.1) is 26.4 Å². The first-order chi connectivity index (χ1) is 11.1. The highest BCUT2D eigenvalue weighted by atomic mass is 16.7. The normalized spacial score (nSPS) is 31.0.